The van der Waals surface area contributed by atoms with Crippen molar-refractivity contribution in [3.05, 3.63) is 114 Å². The molecule has 0 atom stereocenters. The van der Waals surface area contributed by atoms with Gasteiger partial charge in [-0.15, -0.1) is 22.7 Å². The van der Waals surface area contributed by atoms with Gasteiger partial charge in [0.2, 0.25) is 11.8 Å². The van der Waals surface area contributed by atoms with Gasteiger partial charge >= 0.3 is 0 Å². The molecule has 0 saturated carbocycles. The Kier molecular flexibility index (Phi) is 5.51. The van der Waals surface area contributed by atoms with E-state index in [-0.39, 0.29) is 0 Å². The molecule has 0 unspecified atom stereocenters. The molecule has 4 heterocycles. The lowest BCUT2D eigenvalue weighted by Gasteiger charge is -1.96. The highest BCUT2D eigenvalue weighted by atomic mass is 32.1. The topological polar surface area (TPSA) is 80.2 Å². The van der Waals surface area contributed by atoms with Crippen LogP contribution in [0, 0.1) is 17.9 Å². The van der Waals surface area contributed by atoms with Gasteiger partial charge in [0.05, 0.1) is 28.0 Å². The summed E-state index contributed by atoms with van der Waals surface area (Å²) in [7, 11) is 0. The number of rotatable bonds is 4. The maximum atomic E-state index is 9.06. The zero-order valence-corrected chi connectivity index (χ0v) is 23.3. The smallest absolute Gasteiger partial charge is 0.237 e. The molecule has 0 aliphatic carbocycles. The second kappa shape index (κ2) is 9.53. The normalized spacial score (nSPS) is 11.3. The van der Waals surface area contributed by atoms with Crippen molar-refractivity contribution in [2.45, 2.75) is 0 Å². The summed E-state index contributed by atoms with van der Waals surface area (Å²) >= 11 is 3.21. The molecule has 0 fully saturated rings. The van der Waals surface area contributed by atoms with E-state index in [0.717, 1.165) is 52.4 Å². The minimum Gasteiger partial charge on any atom is -0.435 e. The van der Waals surface area contributed by atoms with Crippen molar-refractivity contribution in [3.63, 3.8) is 0 Å². The fraction of sp³-hybridized carbons (Fsp3) is 0. The molecule has 8 heteroatoms. The molecule has 4 aromatic heterocycles. The first-order chi connectivity index (χ1) is 20.6. The van der Waals surface area contributed by atoms with E-state index < -0.39 is 0 Å². The number of hydrogen-bond acceptors (Lipinski definition) is 7. The lowest BCUT2D eigenvalue weighted by molar-refractivity contribution is 0.621. The Hall–Kier alpha value is -5.54. The predicted octanol–water partition coefficient (Wildman–Crippen LogP) is 10.3. The van der Waals surface area contributed by atoms with E-state index in [4.69, 9.17) is 30.6 Å². The molecular formula is C34H16N4O2S2. The summed E-state index contributed by atoms with van der Waals surface area (Å²) in [6.45, 7) is 7.15. The van der Waals surface area contributed by atoms with Crippen molar-refractivity contribution in [1.82, 2.24) is 9.97 Å². The molecular weight excluding hydrogens is 561 g/mol. The first-order valence-electron chi connectivity index (χ1n) is 13.0. The number of nitriles is 1. The average Bonchev–Trinajstić information content (AvgIpc) is 3.84. The third kappa shape index (κ3) is 4.15. The van der Waals surface area contributed by atoms with E-state index in [1.165, 1.54) is 0 Å². The Morgan fingerprint density at radius 3 is 1.57 bits per heavy atom. The maximum Gasteiger partial charge on any atom is 0.237 e. The Morgan fingerprint density at radius 1 is 0.619 bits per heavy atom. The summed E-state index contributed by atoms with van der Waals surface area (Å²) in [5.41, 5.74) is 6.35. The number of oxazole rings is 2. The van der Waals surface area contributed by atoms with Gasteiger partial charge in [-0.2, -0.15) is 5.26 Å². The van der Waals surface area contributed by atoms with Gasteiger partial charge in [0.1, 0.15) is 11.0 Å². The van der Waals surface area contributed by atoms with Crippen molar-refractivity contribution < 1.29 is 8.83 Å². The summed E-state index contributed by atoms with van der Waals surface area (Å²) < 4.78 is 12.4. The van der Waals surface area contributed by atoms with Crippen LogP contribution in [-0.2, 0) is 0 Å². The summed E-state index contributed by atoms with van der Waals surface area (Å²) in [6, 6.07) is 33.5. The van der Waals surface area contributed by atoms with Crippen LogP contribution in [0.1, 0.15) is 5.56 Å². The zero-order chi connectivity index (χ0) is 28.2. The van der Waals surface area contributed by atoms with Crippen molar-refractivity contribution in [2.75, 3.05) is 0 Å². The summed E-state index contributed by atoms with van der Waals surface area (Å²) in [6.07, 6.45) is 0. The van der Waals surface area contributed by atoms with E-state index in [9.17, 15) is 0 Å². The molecule has 0 aliphatic heterocycles. The highest BCUT2D eigenvalue weighted by Gasteiger charge is 2.16. The summed E-state index contributed by atoms with van der Waals surface area (Å²) in [5.74, 6) is 1.15. The lowest BCUT2D eigenvalue weighted by atomic mass is 10.1. The third-order valence-electron chi connectivity index (χ3n) is 7.07. The van der Waals surface area contributed by atoms with Crippen molar-refractivity contribution in [3.8, 4) is 48.5 Å². The minimum absolute atomic E-state index is 0.575. The Balaban J connectivity index is 1.11. The third-order valence-corrected chi connectivity index (χ3v) is 9.31. The Bertz CT molecular complexity index is 2140. The van der Waals surface area contributed by atoms with Gasteiger partial charge in [-0.05, 0) is 82.6 Å². The number of nitrogens with zero attached hydrogens (tertiary/aromatic N) is 4. The van der Waals surface area contributed by atoms with Gasteiger partial charge in [-0.3, -0.25) is 0 Å². The molecule has 0 amide bonds. The molecule has 0 spiro atoms. The van der Waals surface area contributed by atoms with Crippen LogP contribution in [0.15, 0.2) is 106 Å². The Labute approximate surface area is 247 Å². The van der Waals surface area contributed by atoms with Crippen LogP contribution in [0.2, 0.25) is 0 Å². The first-order valence-corrected chi connectivity index (χ1v) is 14.6. The highest BCUT2D eigenvalue weighted by Crippen LogP contribution is 2.39. The molecule has 0 radical (unpaired) electrons. The molecule has 0 saturated heterocycles. The van der Waals surface area contributed by atoms with Crippen LogP contribution < -0.4 is 0 Å². The minimum atomic E-state index is 0.575. The lowest BCUT2D eigenvalue weighted by Crippen LogP contribution is -1.76. The fourth-order valence-electron chi connectivity index (χ4n) is 4.93. The van der Waals surface area contributed by atoms with Gasteiger partial charge in [0.15, 0.2) is 16.9 Å². The molecule has 0 aliphatic rings. The summed E-state index contributed by atoms with van der Waals surface area (Å²) in [5, 5.41) is 11.0. The second-order valence-corrected chi connectivity index (χ2v) is 11.9. The number of fused-ring (bicyclic) bond motifs is 3. The largest absolute Gasteiger partial charge is 0.435 e. The van der Waals surface area contributed by atoms with Gasteiger partial charge in [0.25, 0.3) is 0 Å². The number of hydrogen-bond donors (Lipinski definition) is 0. The quantitative estimate of drug-likeness (QED) is 0.195. The number of benzene rings is 4. The molecule has 4 aromatic carbocycles. The van der Waals surface area contributed by atoms with Crippen LogP contribution in [0.25, 0.3) is 80.2 Å². The van der Waals surface area contributed by atoms with Gasteiger partial charge in [-0.1, -0.05) is 36.4 Å². The van der Waals surface area contributed by atoms with Crippen molar-refractivity contribution in [2.24, 2.45) is 0 Å². The number of aromatic nitrogens is 2. The highest BCUT2D eigenvalue weighted by molar-refractivity contribution is 7.19. The monoisotopic (exact) mass is 576 g/mol. The fourth-order valence-corrected chi connectivity index (χ4v) is 6.81. The second-order valence-electron chi connectivity index (χ2n) is 9.70. The van der Waals surface area contributed by atoms with Crippen molar-refractivity contribution >= 4 is 61.3 Å². The van der Waals surface area contributed by atoms with Gasteiger partial charge < -0.3 is 8.83 Å². The van der Waals surface area contributed by atoms with E-state index in [1.54, 1.807) is 22.7 Å². The van der Waals surface area contributed by atoms with Crippen LogP contribution in [0.3, 0.4) is 0 Å². The molecule has 8 aromatic rings. The first kappa shape index (κ1) is 24.3. The summed E-state index contributed by atoms with van der Waals surface area (Å²) in [4.78, 5) is 17.1. The molecule has 196 valence electrons. The molecule has 8 rings (SSSR count). The standard InChI is InChI=1S/C34H16N4O2S2/c1-36-24-8-6-21(7-9-24)30-11-13-32(42-30)34-38-26-15-23-16-27-25(14-22(23)17-28(26)40-34)37-33(39-27)31-12-10-29(41-31)20-4-2-19(18-35)3-5-20/h2-17H. The van der Waals surface area contributed by atoms with Crippen LogP contribution in [0.4, 0.5) is 5.69 Å². The van der Waals surface area contributed by atoms with E-state index in [2.05, 4.69) is 17.0 Å². The van der Waals surface area contributed by atoms with E-state index in [1.807, 2.05) is 91.0 Å². The molecule has 0 N–H and O–H groups in total. The zero-order valence-electron chi connectivity index (χ0n) is 21.7. The van der Waals surface area contributed by atoms with Gasteiger partial charge in [-0.25, -0.2) is 14.8 Å². The van der Waals surface area contributed by atoms with Crippen molar-refractivity contribution in [1.29, 1.82) is 5.26 Å². The Morgan fingerprint density at radius 2 is 1.10 bits per heavy atom. The molecule has 0 bridgehead atoms. The van der Waals surface area contributed by atoms with Crippen LogP contribution in [-0.4, -0.2) is 9.97 Å². The van der Waals surface area contributed by atoms with E-state index in [0.29, 0.717) is 34.2 Å². The van der Waals surface area contributed by atoms with Crippen LogP contribution >= 0.6 is 22.7 Å². The molecule has 6 nitrogen and oxygen atoms in total. The maximum absolute atomic E-state index is 9.06. The molecule has 42 heavy (non-hydrogen) atoms. The van der Waals surface area contributed by atoms with Crippen LogP contribution in [0.5, 0.6) is 0 Å². The average molecular weight is 577 g/mol. The number of thiophene rings is 2. The SMILES string of the molecule is [C-]#[N+]c1ccc(-c2ccc(-c3nc4cc5cc6oc(-c7ccc(-c8ccc(C#N)cc8)s7)nc6cc5cc4o3)s2)cc1. The predicted molar refractivity (Wildman–Crippen MR) is 168 cm³/mol. The van der Waals surface area contributed by atoms with E-state index >= 15 is 0 Å². The van der Waals surface area contributed by atoms with Gasteiger partial charge in [0, 0.05) is 9.75 Å².